The molecule has 1 aromatic carbocycles. The van der Waals surface area contributed by atoms with E-state index in [1.54, 1.807) is 4.90 Å². The standard InChI is InChI=1S/C14H18N2O3S/c15-13-3-1-2-10-4-6-16(8-12(10)13)14(17)11-5-7-20(18,19)9-11/h1-3,11H,4-9,15H2. The third-order valence-corrected chi connectivity index (χ3v) is 5.97. The van der Waals surface area contributed by atoms with Crippen LogP contribution in [0.2, 0.25) is 0 Å². The SMILES string of the molecule is Nc1cccc2c1CN(C(=O)C1CCS(=O)(=O)C1)CC2. The fourth-order valence-electron chi connectivity index (χ4n) is 3.04. The zero-order valence-corrected chi connectivity index (χ0v) is 12.0. The van der Waals surface area contributed by atoms with E-state index in [0.29, 0.717) is 25.2 Å². The van der Waals surface area contributed by atoms with Gasteiger partial charge in [0.2, 0.25) is 5.91 Å². The fraction of sp³-hybridized carbons (Fsp3) is 0.500. The van der Waals surface area contributed by atoms with E-state index in [-0.39, 0.29) is 23.3 Å². The summed E-state index contributed by atoms with van der Waals surface area (Å²) < 4.78 is 23.0. The Kier molecular flexibility index (Phi) is 3.20. The Morgan fingerprint density at radius 1 is 1.35 bits per heavy atom. The molecule has 0 radical (unpaired) electrons. The number of rotatable bonds is 1. The molecule has 0 aromatic heterocycles. The van der Waals surface area contributed by atoms with E-state index in [0.717, 1.165) is 12.0 Å². The maximum absolute atomic E-state index is 12.4. The lowest BCUT2D eigenvalue weighted by molar-refractivity contribution is -0.135. The Bertz CT molecular complexity index is 654. The first-order valence-corrected chi connectivity index (χ1v) is 8.64. The van der Waals surface area contributed by atoms with Crippen molar-refractivity contribution in [1.82, 2.24) is 4.90 Å². The summed E-state index contributed by atoms with van der Waals surface area (Å²) >= 11 is 0. The maximum atomic E-state index is 12.4. The van der Waals surface area contributed by atoms with Crippen molar-refractivity contribution in [2.75, 3.05) is 23.8 Å². The highest BCUT2D eigenvalue weighted by Gasteiger charge is 2.36. The molecule has 20 heavy (non-hydrogen) atoms. The maximum Gasteiger partial charge on any atom is 0.227 e. The van der Waals surface area contributed by atoms with Crippen LogP contribution >= 0.6 is 0 Å². The molecule has 1 fully saturated rings. The van der Waals surface area contributed by atoms with Crippen LogP contribution < -0.4 is 5.73 Å². The zero-order valence-electron chi connectivity index (χ0n) is 11.2. The molecule has 6 heteroatoms. The molecule has 108 valence electrons. The zero-order chi connectivity index (χ0) is 14.3. The van der Waals surface area contributed by atoms with Gasteiger partial charge in [0.25, 0.3) is 0 Å². The summed E-state index contributed by atoms with van der Waals surface area (Å²) in [4.78, 5) is 14.2. The predicted molar refractivity (Wildman–Crippen MR) is 76.7 cm³/mol. The second-order valence-corrected chi connectivity index (χ2v) is 7.82. The van der Waals surface area contributed by atoms with Crippen LogP contribution in [-0.4, -0.2) is 37.3 Å². The first-order chi connectivity index (χ1) is 9.46. The van der Waals surface area contributed by atoms with Gasteiger partial charge in [-0.25, -0.2) is 8.42 Å². The van der Waals surface area contributed by atoms with E-state index < -0.39 is 9.84 Å². The van der Waals surface area contributed by atoms with Crippen molar-refractivity contribution in [3.8, 4) is 0 Å². The van der Waals surface area contributed by atoms with Gasteiger partial charge in [-0.2, -0.15) is 0 Å². The van der Waals surface area contributed by atoms with Gasteiger partial charge in [-0.15, -0.1) is 0 Å². The summed E-state index contributed by atoms with van der Waals surface area (Å²) in [6.07, 6.45) is 1.24. The average molecular weight is 294 g/mol. The Morgan fingerprint density at radius 3 is 2.85 bits per heavy atom. The van der Waals surface area contributed by atoms with Gasteiger partial charge in [0.1, 0.15) is 0 Å². The summed E-state index contributed by atoms with van der Waals surface area (Å²) in [5, 5.41) is 0. The summed E-state index contributed by atoms with van der Waals surface area (Å²) in [7, 11) is -3.02. The number of benzene rings is 1. The highest BCUT2D eigenvalue weighted by atomic mass is 32.2. The third kappa shape index (κ3) is 2.40. The largest absolute Gasteiger partial charge is 0.398 e. The number of anilines is 1. The number of amides is 1. The van der Waals surface area contributed by atoms with E-state index in [2.05, 4.69) is 0 Å². The number of carbonyl (C=O) groups excluding carboxylic acids is 1. The number of nitrogen functional groups attached to an aromatic ring is 1. The van der Waals surface area contributed by atoms with Gasteiger partial charge in [-0.3, -0.25) is 4.79 Å². The number of carbonyl (C=O) groups is 1. The normalized spacial score (nSPS) is 24.4. The second-order valence-electron chi connectivity index (χ2n) is 5.59. The molecular formula is C14H18N2O3S. The lowest BCUT2D eigenvalue weighted by atomic mass is 9.96. The molecule has 1 unspecified atom stereocenters. The molecule has 2 aliphatic heterocycles. The molecule has 2 N–H and O–H groups in total. The van der Waals surface area contributed by atoms with E-state index in [1.165, 1.54) is 5.56 Å². The van der Waals surface area contributed by atoms with Crippen LogP contribution in [0, 0.1) is 5.92 Å². The highest BCUT2D eigenvalue weighted by molar-refractivity contribution is 7.91. The molecule has 5 nitrogen and oxygen atoms in total. The van der Waals surface area contributed by atoms with Gasteiger partial charge in [-0.05, 0) is 30.0 Å². The van der Waals surface area contributed by atoms with Crippen LogP contribution in [0.1, 0.15) is 17.5 Å². The smallest absolute Gasteiger partial charge is 0.227 e. The average Bonchev–Trinajstić information content (AvgIpc) is 2.78. The van der Waals surface area contributed by atoms with Gasteiger partial charge in [0.15, 0.2) is 9.84 Å². The van der Waals surface area contributed by atoms with Crippen molar-refractivity contribution in [3.63, 3.8) is 0 Å². The lowest BCUT2D eigenvalue weighted by Crippen LogP contribution is -2.40. The van der Waals surface area contributed by atoms with Gasteiger partial charge in [-0.1, -0.05) is 12.1 Å². The summed E-state index contributed by atoms with van der Waals surface area (Å²) in [6.45, 7) is 1.14. The van der Waals surface area contributed by atoms with Crippen molar-refractivity contribution >= 4 is 21.4 Å². The number of hydrogen-bond donors (Lipinski definition) is 1. The van der Waals surface area contributed by atoms with Gasteiger partial charge >= 0.3 is 0 Å². The summed E-state index contributed by atoms with van der Waals surface area (Å²) in [5.74, 6) is -0.276. The quantitative estimate of drug-likeness (QED) is 0.769. The minimum absolute atomic E-state index is 0.000533. The number of nitrogens with zero attached hydrogens (tertiary/aromatic N) is 1. The molecule has 1 saturated heterocycles. The van der Waals surface area contributed by atoms with Crippen LogP contribution in [0.4, 0.5) is 5.69 Å². The Labute approximate surface area is 118 Å². The predicted octanol–water partition coefficient (Wildman–Crippen LogP) is 0.588. The van der Waals surface area contributed by atoms with Gasteiger partial charge < -0.3 is 10.6 Å². The Balaban J connectivity index is 1.77. The molecule has 2 heterocycles. The molecule has 2 aliphatic rings. The first kappa shape index (κ1) is 13.4. The Hall–Kier alpha value is -1.56. The number of hydrogen-bond acceptors (Lipinski definition) is 4. The summed E-state index contributed by atoms with van der Waals surface area (Å²) in [5.41, 5.74) is 8.87. The van der Waals surface area contributed by atoms with E-state index >= 15 is 0 Å². The molecule has 1 aromatic rings. The van der Waals surface area contributed by atoms with E-state index in [1.807, 2.05) is 18.2 Å². The van der Waals surface area contributed by atoms with Crippen LogP contribution in [0.5, 0.6) is 0 Å². The van der Waals surface area contributed by atoms with Crippen molar-refractivity contribution in [1.29, 1.82) is 0 Å². The molecule has 0 saturated carbocycles. The van der Waals surface area contributed by atoms with Gasteiger partial charge in [0, 0.05) is 18.8 Å². The topological polar surface area (TPSA) is 80.5 Å². The third-order valence-electron chi connectivity index (χ3n) is 4.20. The molecule has 1 atom stereocenters. The number of fused-ring (bicyclic) bond motifs is 1. The number of sulfone groups is 1. The molecule has 0 bridgehead atoms. The lowest BCUT2D eigenvalue weighted by Gasteiger charge is -2.31. The van der Waals surface area contributed by atoms with Crippen molar-refractivity contribution in [2.45, 2.75) is 19.4 Å². The minimum atomic E-state index is -3.02. The second kappa shape index (κ2) is 4.77. The van der Waals surface area contributed by atoms with E-state index in [4.69, 9.17) is 5.73 Å². The van der Waals surface area contributed by atoms with Crippen molar-refractivity contribution < 1.29 is 13.2 Å². The molecule has 0 aliphatic carbocycles. The van der Waals surface area contributed by atoms with Crippen LogP contribution in [0.3, 0.4) is 0 Å². The van der Waals surface area contributed by atoms with Crippen molar-refractivity contribution in [2.24, 2.45) is 5.92 Å². The highest BCUT2D eigenvalue weighted by Crippen LogP contribution is 2.27. The fourth-order valence-corrected chi connectivity index (χ4v) is 4.78. The monoisotopic (exact) mass is 294 g/mol. The first-order valence-electron chi connectivity index (χ1n) is 6.82. The molecule has 3 rings (SSSR count). The minimum Gasteiger partial charge on any atom is -0.398 e. The molecular weight excluding hydrogens is 276 g/mol. The molecule has 1 amide bonds. The number of nitrogens with two attached hydrogens (primary N) is 1. The van der Waals surface area contributed by atoms with Crippen molar-refractivity contribution in [3.05, 3.63) is 29.3 Å². The molecule has 0 spiro atoms. The van der Waals surface area contributed by atoms with Gasteiger partial charge in [0.05, 0.1) is 17.4 Å². The van der Waals surface area contributed by atoms with E-state index in [9.17, 15) is 13.2 Å². The summed E-state index contributed by atoms with van der Waals surface area (Å²) in [6, 6.07) is 5.80. The van der Waals surface area contributed by atoms with Crippen LogP contribution in [-0.2, 0) is 27.6 Å². The Morgan fingerprint density at radius 2 is 2.15 bits per heavy atom. The van der Waals surface area contributed by atoms with Crippen LogP contribution in [0.25, 0.3) is 0 Å². The van der Waals surface area contributed by atoms with Crippen LogP contribution in [0.15, 0.2) is 18.2 Å².